The van der Waals surface area contributed by atoms with E-state index in [2.05, 4.69) is 56.4 Å². The van der Waals surface area contributed by atoms with Crippen molar-refractivity contribution in [1.29, 1.82) is 0 Å². The largest absolute Gasteiger partial charge is 0.378 e. The third-order valence-corrected chi connectivity index (χ3v) is 5.01. The first-order chi connectivity index (χ1) is 11.5. The lowest BCUT2D eigenvalue weighted by Gasteiger charge is -2.47. The van der Waals surface area contributed by atoms with Crippen molar-refractivity contribution in [2.75, 3.05) is 10.2 Å². The minimum absolute atomic E-state index is 0.117. The van der Waals surface area contributed by atoms with Crippen molar-refractivity contribution >= 4 is 17.3 Å². The molecule has 1 amide bonds. The topological polar surface area (TPSA) is 32.3 Å². The highest BCUT2D eigenvalue weighted by atomic mass is 16.2. The average Bonchev–Trinajstić information content (AvgIpc) is 2.57. The van der Waals surface area contributed by atoms with Crippen molar-refractivity contribution in [3.05, 3.63) is 60.2 Å². The van der Waals surface area contributed by atoms with E-state index in [4.69, 9.17) is 0 Å². The van der Waals surface area contributed by atoms with Crippen molar-refractivity contribution in [3.8, 4) is 0 Å². The van der Waals surface area contributed by atoms with Crippen molar-refractivity contribution in [2.24, 2.45) is 11.8 Å². The fourth-order valence-corrected chi connectivity index (χ4v) is 4.05. The number of nitrogens with one attached hydrogen (secondary N) is 1. The average molecular weight is 322 g/mol. The van der Waals surface area contributed by atoms with E-state index in [1.54, 1.807) is 6.92 Å². The number of rotatable bonds is 3. The third-order valence-electron chi connectivity index (χ3n) is 5.01. The zero-order valence-corrected chi connectivity index (χ0v) is 14.9. The first-order valence-corrected chi connectivity index (χ1v) is 8.71. The minimum Gasteiger partial charge on any atom is -0.378 e. The maximum Gasteiger partial charge on any atom is 0.224 e. The Bertz CT molecular complexity index is 711. The molecule has 1 N–H and O–H groups in total. The van der Waals surface area contributed by atoms with Crippen LogP contribution >= 0.6 is 0 Å². The number of carbonyl (C=O) groups excluding carboxylic acids is 1. The Kier molecular flexibility index (Phi) is 4.61. The summed E-state index contributed by atoms with van der Waals surface area (Å²) in [5, 5.41) is 3.69. The number of para-hydroxylation sites is 2. The number of anilines is 2. The molecule has 0 spiro atoms. The number of hydrogen-bond donors (Lipinski definition) is 1. The van der Waals surface area contributed by atoms with Crippen LogP contribution in [-0.4, -0.2) is 11.9 Å². The Balaban J connectivity index is 2.08. The molecule has 0 radical (unpaired) electrons. The molecule has 1 aliphatic heterocycles. The van der Waals surface area contributed by atoms with Crippen LogP contribution < -0.4 is 10.2 Å². The fraction of sp³-hybridized carbons (Fsp3) is 0.381. The van der Waals surface area contributed by atoms with Gasteiger partial charge in [0.1, 0.15) is 0 Å². The highest BCUT2D eigenvalue weighted by Gasteiger charge is 2.41. The molecule has 1 unspecified atom stereocenters. The number of carbonyl (C=O) groups is 1. The van der Waals surface area contributed by atoms with Crippen molar-refractivity contribution in [1.82, 2.24) is 0 Å². The molecule has 3 rings (SSSR count). The van der Waals surface area contributed by atoms with Gasteiger partial charge in [-0.15, -0.1) is 0 Å². The molecule has 1 aliphatic rings. The zero-order valence-electron chi connectivity index (χ0n) is 14.9. The summed E-state index contributed by atoms with van der Waals surface area (Å²) in [4.78, 5) is 14.4. The quantitative estimate of drug-likeness (QED) is 0.874. The summed E-state index contributed by atoms with van der Waals surface area (Å²) < 4.78 is 0. The van der Waals surface area contributed by atoms with E-state index in [0.29, 0.717) is 11.8 Å². The predicted octanol–water partition coefficient (Wildman–Crippen LogP) is 4.87. The van der Waals surface area contributed by atoms with Crippen LogP contribution in [0.2, 0.25) is 0 Å². The normalized spacial score (nSPS) is 23.0. The van der Waals surface area contributed by atoms with Crippen LogP contribution in [0.3, 0.4) is 0 Å². The smallest absolute Gasteiger partial charge is 0.224 e. The second-order valence-electron chi connectivity index (χ2n) is 7.03. The van der Waals surface area contributed by atoms with E-state index in [9.17, 15) is 4.79 Å². The van der Waals surface area contributed by atoms with E-state index in [1.165, 1.54) is 5.56 Å². The molecule has 3 heteroatoms. The Hall–Kier alpha value is -2.29. The monoisotopic (exact) mass is 322 g/mol. The van der Waals surface area contributed by atoms with E-state index in [1.807, 2.05) is 29.2 Å². The van der Waals surface area contributed by atoms with Gasteiger partial charge >= 0.3 is 0 Å². The van der Waals surface area contributed by atoms with Gasteiger partial charge in [0, 0.05) is 30.3 Å². The Morgan fingerprint density at radius 3 is 2.29 bits per heavy atom. The van der Waals surface area contributed by atoms with Crippen LogP contribution in [0.25, 0.3) is 0 Å². The zero-order chi connectivity index (χ0) is 17.3. The molecular weight excluding hydrogens is 296 g/mol. The SMILES string of the molecule is CC(=O)N1c2ccccc2C(Nc2ccccc2)[C@@H](C)[C@@H]1C(C)C. The van der Waals surface area contributed by atoms with Gasteiger partial charge in [-0.1, -0.05) is 57.2 Å². The number of nitrogens with zero attached hydrogens (tertiary/aromatic N) is 1. The standard InChI is InChI=1S/C21H26N2O/c1-14(2)21-15(3)20(22-17-10-6-5-7-11-17)18-12-8-9-13-19(18)23(21)16(4)24/h5-15,20-22H,1-4H3/t15-,20?,21+/m1/s1. The molecule has 0 bridgehead atoms. The van der Waals surface area contributed by atoms with Gasteiger partial charge < -0.3 is 10.2 Å². The highest BCUT2D eigenvalue weighted by molar-refractivity contribution is 5.94. The first kappa shape index (κ1) is 16.6. The van der Waals surface area contributed by atoms with Gasteiger partial charge in [0.25, 0.3) is 0 Å². The molecule has 0 aliphatic carbocycles. The maximum absolute atomic E-state index is 12.4. The molecular formula is C21H26N2O. The lowest BCUT2D eigenvalue weighted by Crippen LogP contribution is -2.52. The minimum atomic E-state index is 0.117. The van der Waals surface area contributed by atoms with Gasteiger partial charge in [-0.3, -0.25) is 4.79 Å². The number of amides is 1. The first-order valence-electron chi connectivity index (χ1n) is 8.71. The summed E-state index contributed by atoms with van der Waals surface area (Å²) in [6, 6.07) is 18.9. The van der Waals surface area contributed by atoms with E-state index >= 15 is 0 Å². The fourth-order valence-electron chi connectivity index (χ4n) is 4.05. The Morgan fingerprint density at radius 2 is 1.67 bits per heavy atom. The van der Waals surface area contributed by atoms with E-state index in [0.717, 1.165) is 11.4 Å². The van der Waals surface area contributed by atoms with Crippen LogP contribution in [-0.2, 0) is 4.79 Å². The van der Waals surface area contributed by atoms with Crippen LogP contribution in [0.4, 0.5) is 11.4 Å². The molecule has 0 fully saturated rings. The second-order valence-corrected chi connectivity index (χ2v) is 7.03. The van der Waals surface area contributed by atoms with Crippen LogP contribution in [0.5, 0.6) is 0 Å². The van der Waals surface area contributed by atoms with Gasteiger partial charge in [0.05, 0.1) is 6.04 Å². The summed E-state index contributed by atoms with van der Waals surface area (Å²) >= 11 is 0. The molecule has 3 atom stereocenters. The van der Waals surface area contributed by atoms with Crippen LogP contribution in [0.15, 0.2) is 54.6 Å². The molecule has 24 heavy (non-hydrogen) atoms. The molecule has 0 saturated heterocycles. The van der Waals surface area contributed by atoms with Gasteiger partial charge in [-0.2, -0.15) is 0 Å². The number of fused-ring (bicyclic) bond motifs is 1. The molecule has 0 aromatic heterocycles. The van der Waals surface area contributed by atoms with Crippen molar-refractivity contribution in [2.45, 2.75) is 39.8 Å². The lowest BCUT2D eigenvalue weighted by molar-refractivity contribution is -0.117. The lowest BCUT2D eigenvalue weighted by atomic mass is 9.77. The molecule has 0 saturated carbocycles. The van der Waals surface area contributed by atoms with Gasteiger partial charge in [-0.05, 0) is 29.7 Å². The van der Waals surface area contributed by atoms with Crippen LogP contribution in [0, 0.1) is 11.8 Å². The molecule has 3 nitrogen and oxygen atoms in total. The van der Waals surface area contributed by atoms with Gasteiger partial charge in [0.2, 0.25) is 5.91 Å². The van der Waals surface area contributed by atoms with E-state index in [-0.39, 0.29) is 18.0 Å². The summed E-state index contributed by atoms with van der Waals surface area (Å²) in [6.07, 6.45) is 0. The summed E-state index contributed by atoms with van der Waals surface area (Å²) in [7, 11) is 0. The number of hydrogen-bond acceptors (Lipinski definition) is 2. The summed E-state index contributed by atoms with van der Waals surface area (Å²) in [5.41, 5.74) is 3.35. The third kappa shape index (κ3) is 2.91. The molecule has 1 heterocycles. The van der Waals surface area contributed by atoms with Crippen molar-refractivity contribution in [3.63, 3.8) is 0 Å². The molecule has 2 aromatic rings. The van der Waals surface area contributed by atoms with Crippen molar-refractivity contribution < 1.29 is 4.79 Å². The van der Waals surface area contributed by atoms with Gasteiger partial charge in [0.15, 0.2) is 0 Å². The summed E-state index contributed by atoms with van der Waals surface area (Å²) in [5.74, 6) is 0.812. The van der Waals surface area contributed by atoms with Crippen LogP contribution in [0.1, 0.15) is 39.3 Å². The number of benzene rings is 2. The second kappa shape index (κ2) is 6.68. The van der Waals surface area contributed by atoms with Gasteiger partial charge in [-0.25, -0.2) is 0 Å². The summed E-state index contributed by atoms with van der Waals surface area (Å²) in [6.45, 7) is 8.32. The highest BCUT2D eigenvalue weighted by Crippen LogP contribution is 2.44. The Labute approximate surface area is 144 Å². The van der Waals surface area contributed by atoms with E-state index < -0.39 is 0 Å². The molecule has 2 aromatic carbocycles. The Morgan fingerprint density at radius 1 is 1.04 bits per heavy atom. The maximum atomic E-state index is 12.4. The molecule has 126 valence electrons. The predicted molar refractivity (Wildman–Crippen MR) is 100 cm³/mol.